The van der Waals surface area contributed by atoms with Crippen LogP contribution >= 0.6 is 0 Å². The molecule has 0 saturated heterocycles. The smallest absolute Gasteiger partial charge is 0.161 e. The second-order valence-electron chi connectivity index (χ2n) is 5.35. The molecule has 0 spiro atoms. The topological polar surface area (TPSA) is 43.6 Å². The molecule has 1 unspecified atom stereocenters. The molecule has 1 atom stereocenters. The van der Waals surface area contributed by atoms with Gasteiger partial charge in [-0.15, -0.1) is 0 Å². The summed E-state index contributed by atoms with van der Waals surface area (Å²) in [7, 11) is 0. The molecule has 0 radical (unpaired) electrons. The van der Waals surface area contributed by atoms with Crippen molar-refractivity contribution < 1.29 is 13.9 Å². The van der Waals surface area contributed by atoms with E-state index in [0.717, 1.165) is 36.0 Å². The van der Waals surface area contributed by atoms with Gasteiger partial charge in [0.25, 0.3) is 0 Å². The fourth-order valence-electron chi connectivity index (χ4n) is 2.46. The molecule has 1 aromatic heterocycles. The normalized spacial score (nSPS) is 15.0. The largest absolute Gasteiger partial charge is 0.486 e. The lowest BCUT2D eigenvalue weighted by Gasteiger charge is -2.19. The number of furan rings is 1. The van der Waals surface area contributed by atoms with Crippen molar-refractivity contribution in [3.63, 3.8) is 0 Å². The van der Waals surface area contributed by atoms with Crippen molar-refractivity contribution in [1.29, 1.82) is 0 Å². The zero-order valence-corrected chi connectivity index (χ0v) is 12.5. The molecule has 4 heteroatoms. The molecule has 1 N–H and O–H groups in total. The van der Waals surface area contributed by atoms with E-state index in [1.165, 1.54) is 5.56 Å². The van der Waals surface area contributed by atoms with Crippen molar-refractivity contribution in [3.05, 3.63) is 47.4 Å². The Morgan fingerprint density at radius 2 is 1.90 bits per heavy atom. The number of rotatable bonds is 5. The molecule has 2 heterocycles. The lowest BCUT2D eigenvalue weighted by Crippen LogP contribution is -2.21. The van der Waals surface area contributed by atoms with Gasteiger partial charge < -0.3 is 19.2 Å². The molecule has 1 aromatic carbocycles. The van der Waals surface area contributed by atoms with Gasteiger partial charge in [0.05, 0.1) is 6.04 Å². The van der Waals surface area contributed by atoms with E-state index in [1.54, 1.807) is 0 Å². The Labute approximate surface area is 125 Å². The quantitative estimate of drug-likeness (QED) is 0.916. The van der Waals surface area contributed by atoms with Gasteiger partial charge in [0, 0.05) is 0 Å². The third-order valence-electron chi connectivity index (χ3n) is 3.66. The SMILES string of the molecule is Cc1ccc(C(C)NCCc2ccc3c(c2)OCCO3)o1. The van der Waals surface area contributed by atoms with Gasteiger partial charge in [-0.05, 0) is 56.6 Å². The molecule has 3 rings (SSSR count). The summed E-state index contributed by atoms with van der Waals surface area (Å²) in [5.74, 6) is 3.63. The number of nitrogens with one attached hydrogen (secondary N) is 1. The molecule has 2 aromatic rings. The fraction of sp³-hybridized carbons (Fsp3) is 0.412. The Balaban J connectivity index is 1.53. The number of hydrogen-bond acceptors (Lipinski definition) is 4. The monoisotopic (exact) mass is 287 g/mol. The Kier molecular flexibility index (Phi) is 4.15. The predicted octanol–water partition coefficient (Wildman–Crippen LogP) is 3.25. The van der Waals surface area contributed by atoms with Crippen LogP contribution in [0.3, 0.4) is 0 Å². The second kappa shape index (κ2) is 6.22. The van der Waals surface area contributed by atoms with Crippen molar-refractivity contribution in [2.45, 2.75) is 26.3 Å². The summed E-state index contributed by atoms with van der Waals surface area (Å²) in [6.45, 7) is 6.23. The minimum atomic E-state index is 0.218. The predicted molar refractivity (Wildman–Crippen MR) is 81.0 cm³/mol. The molecular weight excluding hydrogens is 266 g/mol. The summed E-state index contributed by atoms with van der Waals surface area (Å²) in [5, 5.41) is 3.47. The molecule has 4 nitrogen and oxygen atoms in total. The Hall–Kier alpha value is -1.94. The van der Waals surface area contributed by atoms with Crippen LogP contribution in [0.2, 0.25) is 0 Å². The van der Waals surface area contributed by atoms with Crippen LogP contribution in [0, 0.1) is 6.92 Å². The van der Waals surface area contributed by atoms with Gasteiger partial charge in [-0.3, -0.25) is 0 Å². The average Bonchev–Trinajstić information content (AvgIpc) is 2.94. The first-order chi connectivity index (χ1) is 10.2. The molecule has 0 aliphatic carbocycles. The minimum Gasteiger partial charge on any atom is -0.486 e. The zero-order chi connectivity index (χ0) is 14.7. The van der Waals surface area contributed by atoms with E-state index < -0.39 is 0 Å². The molecule has 0 fully saturated rings. The molecule has 21 heavy (non-hydrogen) atoms. The van der Waals surface area contributed by atoms with Gasteiger partial charge >= 0.3 is 0 Å². The summed E-state index contributed by atoms with van der Waals surface area (Å²) in [6, 6.07) is 10.4. The highest BCUT2D eigenvalue weighted by molar-refractivity contribution is 5.43. The maximum absolute atomic E-state index is 5.62. The van der Waals surface area contributed by atoms with Crippen LogP contribution in [0.4, 0.5) is 0 Å². The summed E-state index contributed by atoms with van der Waals surface area (Å²) in [4.78, 5) is 0. The van der Waals surface area contributed by atoms with Crippen molar-refractivity contribution in [1.82, 2.24) is 5.32 Å². The van der Waals surface area contributed by atoms with E-state index in [-0.39, 0.29) is 6.04 Å². The summed E-state index contributed by atoms with van der Waals surface area (Å²) >= 11 is 0. The van der Waals surface area contributed by atoms with E-state index in [4.69, 9.17) is 13.9 Å². The van der Waals surface area contributed by atoms with Crippen LogP contribution in [0.15, 0.2) is 34.7 Å². The zero-order valence-electron chi connectivity index (χ0n) is 12.5. The van der Waals surface area contributed by atoms with E-state index in [9.17, 15) is 0 Å². The first kappa shape index (κ1) is 14.0. The average molecular weight is 287 g/mol. The van der Waals surface area contributed by atoms with Crippen molar-refractivity contribution in [2.75, 3.05) is 19.8 Å². The third kappa shape index (κ3) is 3.39. The molecule has 0 amide bonds. The number of fused-ring (bicyclic) bond motifs is 1. The second-order valence-corrected chi connectivity index (χ2v) is 5.35. The summed E-state index contributed by atoms with van der Waals surface area (Å²) in [5.41, 5.74) is 1.24. The standard InChI is InChI=1S/C17H21NO3/c1-12-3-5-15(21-12)13(2)18-8-7-14-4-6-16-17(11-14)20-10-9-19-16/h3-6,11,13,18H,7-10H2,1-2H3. The lowest BCUT2D eigenvalue weighted by atomic mass is 10.1. The highest BCUT2D eigenvalue weighted by atomic mass is 16.6. The van der Waals surface area contributed by atoms with Crippen LogP contribution < -0.4 is 14.8 Å². The Bertz CT molecular complexity index is 606. The van der Waals surface area contributed by atoms with Crippen LogP contribution in [-0.2, 0) is 6.42 Å². The molecule has 0 saturated carbocycles. The van der Waals surface area contributed by atoms with E-state index in [2.05, 4.69) is 24.4 Å². The third-order valence-corrected chi connectivity index (χ3v) is 3.66. The van der Waals surface area contributed by atoms with Crippen LogP contribution in [0.25, 0.3) is 0 Å². The van der Waals surface area contributed by atoms with Crippen LogP contribution in [-0.4, -0.2) is 19.8 Å². The van der Waals surface area contributed by atoms with E-state index >= 15 is 0 Å². The lowest BCUT2D eigenvalue weighted by molar-refractivity contribution is 0.171. The van der Waals surface area contributed by atoms with Crippen LogP contribution in [0.1, 0.15) is 30.0 Å². The Morgan fingerprint density at radius 3 is 2.67 bits per heavy atom. The number of ether oxygens (including phenoxy) is 2. The molecule has 1 aliphatic rings. The first-order valence-electron chi connectivity index (χ1n) is 7.40. The van der Waals surface area contributed by atoms with Gasteiger partial charge in [-0.1, -0.05) is 6.07 Å². The maximum atomic E-state index is 5.62. The van der Waals surface area contributed by atoms with E-state index in [1.807, 2.05) is 25.1 Å². The van der Waals surface area contributed by atoms with Crippen LogP contribution in [0.5, 0.6) is 11.5 Å². The van der Waals surface area contributed by atoms with Gasteiger partial charge in [0.2, 0.25) is 0 Å². The summed E-state index contributed by atoms with van der Waals surface area (Å²) < 4.78 is 16.8. The highest BCUT2D eigenvalue weighted by Gasteiger charge is 2.12. The molecular formula is C17H21NO3. The van der Waals surface area contributed by atoms with Crippen molar-refractivity contribution in [2.24, 2.45) is 0 Å². The first-order valence-corrected chi connectivity index (χ1v) is 7.40. The van der Waals surface area contributed by atoms with Crippen molar-refractivity contribution in [3.8, 4) is 11.5 Å². The van der Waals surface area contributed by atoms with Gasteiger partial charge in [0.1, 0.15) is 24.7 Å². The van der Waals surface area contributed by atoms with E-state index in [0.29, 0.717) is 13.2 Å². The van der Waals surface area contributed by atoms with Gasteiger partial charge in [-0.25, -0.2) is 0 Å². The minimum absolute atomic E-state index is 0.218. The molecule has 0 bridgehead atoms. The molecule has 112 valence electrons. The number of aryl methyl sites for hydroxylation is 1. The summed E-state index contributed by atoms with van der Waals surface area (Å²) in [6.07, 6.45) is 0.945. The van der Waals surface area contributed by atoms with Gasteiger partial charge in [-0.2, -0.15) is 0 Å². The van der Waals surface area contributed by atoms with Crippen molar-refractivity contribution >= 4 is 0 Å². The number of hydrogen-bond donors (Lipinski definition) is 1. The van der Waals surface area contributed by atoms with Gasteiger partial charge in [0.15, 0.2) is 11.5 Å². The maximum Gasteiger partial charge on any atom is 0.161 e. The Morgan fingerprint density at radius 1 is 1.10 bits per heavy atom. The number of benzene rings is 1. The fourth-order valence-corrected chi connectivity index (χ4v) is 2.46. The highest BCUT2D eigenvalue weighted by Crippen LogP contribution is 2.30. The molecule has 1 aliphatic heterocycles.